The molecule has 2 amide bonds. The van der Waals surface area contributed by atoms with Gasteiger partial charge in [-0.15, -0.1) is 0 Å². The molecular weight excluding hydrogens is 357 g/mol. The number of halogens is 4. The predicted molar refractivity (Wildman–Crippen MR) is 89.1 cm³/mol. The van der Waals surface area contributed by atoms with Gasteiger partial charge in [-0.05, 0) is 54.1 Å². The van der Waals surface area contributed by atoms with Crippen LogP contribution in [0.3, 0.4) is 0 Å². The number of alkyl halides is 3. The molecule has 0 aliphatic heterocycles. The highest BCUT2D eigenvalue weighted by Gasteiger charge is 2.30. The van der Waals surface area contributed by atoms with Crippen LogP contribution in [0.25, 0.3) is 6.08 Å². The minimum Gasteiger partial charge on any atom is -0.366 e. The first-order valence-electron chi connectivity index (χ1n) is 6.92. The Bertz CT molecular complexity index is 831. The molecule has 2 aromatic rings. The highest BCUT2D eigenvalue weighted by atomic mass is 35.5. The fourth-order valence-corrected chi connectivity index (χ4v) is 2.10. The van der Waals surface area contributed by atoms with Crippen LogP contribution in [-0.2, 0) is 11.0 Å². The molecule has 130 valence electrons. The zero-order valence-corrected chi connectivity index (χ0v) is 13.4. The minimum atomic E-state index is -4.50. The van der Waals surface area contributed by atoms with Crippen molar-refractivity contribution in [1.82, 2.24) is 0 Å². The summed E-state index contributed by atoms with van der Waals surface area (Å²) in [4.78, 5) is 22.8. The molecule has 0 aliphatic carbocycles. The van der Waals surface area contributed by atoms with Crippen LogP contribution in [0.4, 0.5) is 18.9 Å². The third kappa shape index (κ3) is 5.09. The number of hydrogen-bond donors (Lipinski definition) is 2. The van der Waals surface area contributed by atoms with Crippen LogP contribution in [0.1, 0.15) is 21.5 Å². The average Bonchev–Trinajstić information content (AvgIpc) is 2.53. The molecular formula is C17H12ClF3N2O2. The molecule has 0 unspecified atom stereocenters. The molecule has 2 aromatic carbocycles. The fraction of sp³-hybridized carbons (Fsp3) is 0.0588. The van der Waals surface area contributed by atoms with Crippen LogP contribution >= 0.6 is 11.6 Å². The van der Waals surface area contributed by atoms with Gasteiger partial charge in [-0.3, -0.25) is 9.59 Å². The molecule has 0 heterocycles. The van der Waals surface area contributed by atoms with Crippen LogP contribution in [0.15, 0.2) is 48.5 Å². The second-order valence-electron chi connectivity index (χ2n) is 5.00. The lowest BCUT2D eigenvalue weighted by Crippen LogP contribution is -2.11. The summed E-state index contributed by atoms with van der Waals surface area (Å²) in [5.41, 5.74) is 4.99. The summed E-state index contributed by atoms with van der Waals surface area (Å²) in [5, 5.41) is 2.59. The van der Waals surface area contributed by atoms with E-state index in [2.05, 4.69) is 5.32 Å². The SMILES string of the molecule is NC(=O)c1ccc(NC(=O)/C=C/c2cc(C(F)(F)F)ccc2Cl)cc1. The van der Waals surface area contributed by atoms with Crippen molar-refractivity contribution in [3.63, 3.8) is 0 Å². The van der Waals surface area contributed by atoms with E-state index in [4.69, 9.17) is 17.3 Å². The first-order valence-corrected chi connectivity index (χ1v) is 7.30. The number of nitrogens with two attached hydrogens (primary N) is 1. The van der Waals surface area contributed by atoms with Crippen molar-refractivity contribution in [2.45, 2.75) is 6.18 Å². The number of carbonyl (C=O) groups excluding carboxylic acids is 2. The number of carbonyl (C=O) groups is 2. The topological polar surface area (TPSA) is 72.2 Å². The van der Waals surface area contributed by atoms with Gasteiger partial charge < -0.3 is 11.1 Å². The zero-order chi connectivity index (χ0) is 18.6. The van der Waals surface area contributed by atoms with Gasteiger partial charge in [-0.1, -0.05) is 11.6 Å². The van der Waals surface area contributed by atoms with Gasteiger partial charge in [-0.25, -0.2) is 0 Å². The molecule has 0 saturated heterocycles. The monoisotopic (exact) mass is 368 g/mol. The van der Waals surface area contributed by atoms with Crippen molar-refractivity contribution >= 4 is 35.2 Å². The second kappa shape index (κ2) is 7.40. The van der Waals surface area contributed by atoms with Crippen molar-refractivity contribution < 1.29 is 22.8 Å². The molecule has 2 rings (SSSR count). The molecule has 0 aromatic heterocycles. The van der Waals surface area contributed by atoms with Crippen LogP contribution in [-0.4, -0.2) is 11.8 Å². The summed E-state index contributed by atoms with van der Waals surface area (Å²) in [7, 11) is 0. The number of nitrogens with one attached hydrogen (secondary N) is 1. The van der Waals surface area contributed by atoms with Crippen LogP contribution in [0.5, 0.6) is 0 Å². The third-order valence-corrected chi connectivity index (χ3v) is 3.52. The molecule has 3 N–H and O–H groups in total. The van der Waals surface area contributed by atoms with Crippen molar-refractivity contribution in [3.05, 3.63) is 70.3 Å². The average molecular weight is 369 g/mol. The van der Waals surface area contributed by atoms with Gasteiger partial charge in [0.15, 0.2) is 0 Å². The highest BCUT2D eigenvalue weighted by Crippen LogP contribution is 2.32. The van der Waals surface area contributed by atoms with E-state index in [0.717, 1.165) is 24.3 Å². The highest BCUT2D eigenvalue weighted by molar-refractivity contribution is 6.32. The van der Waals surface area contributed by atoms with Crippen LogP contribution in [0, 0.1) is 0 Å². The van der Waals surface area contributed by atoms with E-state index >= 15 is 0 Å². The summed E-state index contributed by atoms with van der Waals surface area (Å²) in [6, 6.07) is 8.65. The molecule has 0 fully saturated rings. The number of benzene rings is 2. The summed E-state index contributed by atoms with van der Waals surface area (Å²) in [6.07, 6.45) is -2.26. The van der Waals surface area contributed by atoms with Gasteiger partial charge in [0.25, 0.3) is 0 Å². The van der Waals surface area contributed by atoms with E-state index in [0.29, 0.717) is 5.69 Å². The molecule has 0 aliphatic rings. The lowest BCUT2D eigenvalue weighted by atomic mass is 10.1. The fourth-order valence-electron chi connectivity index (χ4n) is 1.92. The number of rotatable bonds is 4. The van der Waals surface area contributed by atoms with Crippen molar-refractivity contribution in [2.75, 3.05) is 5.32 Å². The lowest BCUT2D eigenvalue weighted by Gasteiger charge is -2.08. The Morgan fingerprint density at radius 2 is 1.72 bits per heavy atom. The summed E-state index contributed by atoms with van der Waals surface area (Å²) < 4.78 is 38.1. The largest absolute Gasteiger partial charge is 0.416 e. The zero-order valence-electron chi connectivity index (χ0n) is 12.6. The molecule has 0 atom stereocenters. The number of hydrogen-bond acceptors (Lipinski definition) is 2. The summed E-state index contributed by atoms with van der Waals surface area (Å²) >= 11 is 5.84. The van der Waals surface area contributed by atoms with Gasteiger partial charge >= 0.3 is 6.18 Å². The first kappa shape index (κ1) is 18.5. The van der Waals surface area contributed by atoms with E-state index in [1.165, 1.54) is 30.3 Å². The van der Waals surface area contributed by atoms with E-state index < -0.39 is 23.6 Å². The molecule has 0 spiro atoms. The predicted octanol–water partition coefficient (Wildman–Crippen LogP) is 4.11. The molecule has 0 radical (unpaired) electrons. The Kier molecular flexibility index (Phi) is 5.48. The molecule has 8 heteroatoms. The van der Waals surface area contributed by atoms with E-state index in [1.54, 1.807) is 0 Å². The van der Waals surface area contributed by atoms with Gasteiger partial charge in [0, 0.05) is 22.3 Å². The maximum atomic E-state index is 12.7. The Labute approximate surface area is 146 Å². The molecule has 25 heavy (non-hydrogen) atoms. The number of primary amides is 1. The standard InChI is InChI=1S/C17H12ClF3N2O2/c18-14-7-4-12(17(19,20)21)9-11(14)3-8-15(24)23-13-5-1-10(2-6-13)16(22)25/h1-9H,(H2,22,25)(H,23,24)/b8-3+. The van der Waals surface area contributed by atoms with Gasteiger partial charge in [-0.2, -0.15) is 13.2 Å². The summed E-state index contributed by atoms with van der Waals surface area (Å²) in [5.74, 6) is -1.17. The molecule has 0 bridgehead atoms. The lowest BCUT2D eigenvalue weighted by molar-refractivity contribution is -0.137. The smallest absolute Gasteiger partial charge is 0.366 e. The van der Waals surface area contributed by atoms with Gasteiger partial charge in [0.05, 0.1) is 5.56 Å². The quantitative estimate of drug-likeness (QED) is 0.797. The van der Waals surface area contributed by atoms with E-state index in [9.17, 15) is 22.8 Å². The molecule has 0 saturated carbocycles. The third-order valence-electron chi connectivity index (χ3n) is 3.17. The van der Waals surface area contributed by atoms with E-state index in [-0.39, 0.29) is 16.1 Å². The van der Waals surface area contributed by atoms with E-state index in [1.807, 2.05) is 0 Å². The Hall–Kier alpha value is -2.80. The maximum Gasteiger partial charge on any atom is 0.416 e. The first-order chi connectivity index (χ1) is 11.7. The number of amides is 2. The minimum absolute atomic E-state index is 0.0655. The van der Waals surface area contributed by atoms with Crippen molar-refractivity contribution in [3.8, 4) is 0 Å². The van der Waals surface area contributed by atoms with Crippen molar-refractivity contribution in [2.24, 2.45) is 5.73 Å². The van der Waals surface area contributed by atoms with Gasteiger partial charge in [0.2, 0.25) is 11.8 Å². The van der Waals surface area contributed by atoms with Crippen molar-refractivity contribution in [1.29, 1.82) is 0 Å². The Morgan fingerprint density at radius 3 is 2.28 bits per heavy atom. The summed E-state index contributed by atoms with van der Waals surface area (Å²) in [6.45, 7) is 0. The normalized spacial score (nSPS) is 11.5. The Balaban J connectivity index is 2.11. The van der Waals surface area contributed by atoms with Crippen LogP contribution < -0.4 is 11.1 Å². The Morgan fingerprint density at radius 1 is 1.08 bits per heavy atom. The maximum absolute atomic E-state index is 12.7. The second-order valence-corrected chi connectivity index (χ2v) is 5.41. The number of anilines is 1. The van der Waals surface area contributed by atoms with Crippen LogP contribution in [0.2, 0.25) is 5.02 Å². The molecule has 4 nitrogen and oxygen atoms in total. The van der Waals surface area contributed by atoms with Gasteiger partial charge in [0.1, 0.15) is 0 Å².